The molecule has 0 saturated carbocycles. The third-order valence-corrected chi connectivity index (χ3v) is 19.3. The average molecular weight is 1340 g/mol. The van der Waals surface area contributed by atoms with Crippen LogP contribution in [-0.2, 0) is 65.4 Å². The van der Waals surface area contributed by atoms with Gasteiger partial charge in [0.05, 0.1) is 26.4 Å². The molecule has 0 aromatic rings. The number of phosphoric ester groups is 2. The third-order valence-electron chi connectivity index (χ3n) is 17.4. The van der Waals surface area contributed by atoms with Gasteiger partial charge in [-0.25, -0.2) is 9.13 Å². The van der Waals surface area contributed by atoms with Gasteiger partial charge in [-0.2, -0.15) is 0 Å². The summed E-state index contributed by atoms with van der Waals surface area (Å²) in [5.41, 5.74) is 0. The predicted octanol–water partition coefficient (Wildman–Crippen LogP) is 20.8. The Morgan fingerprint density at radius 1 is 0.308 bits per heavy atom. The molecule has 0 saturated heterocycles. The zero-order valence-electron chi connectivity index (χ0n) is 59.1. The molecule has 0 aliphatic rings. The molecule has 91 heavy (non-hydrogen) atoms. The average Bonchev–Trinajstić information content (AvgIpc) is 3.46. The Hall–Kier alpha value is -1.94. The summed E-state index contributed by atoms with van der Waals surface area (Å²) in [6, 6.07) is 0. The Labute approximate surface area is 556 Å². The van der Waals surface area contributed by atoms with Crippen molar-refractivity contribution in [3.8, 4) is 0 Å². The predicted molar refractivity (Wildman–Crippen MR) is 368 cm³/mol. The molecule has 0 amide bonds. The van der Waals surface area contributed by atoms with Gasteiger partial charge in [0, 0.05) is 25.7 Å². The van der Waals surface area contributed by atoms with Gasteiger partial charge in [-0.15, -0.1) is 0 Å². The maximum atomic E-state index is 13.1. The molecule has 0 aromatic heterocycles. The number of aliphatic hydroxyl groups is 1. The van der Waals surface area contributed by atoms with Crippen molar-refractivity contribution in [2.75, 3.05) is 39.6 Å². The zero-order valence-corrected chi connectivity index (χ0v) is 60.9. The number of aliphatic hydroxyl groups excluding tert-OH is 1. The highest BCUT2D eigenvalue weighted by Crippen LogP contribution is 2.45. The van der Waals surface area contributed by atoms with Gasteiger partial charge in [0.25, 0.3) is 0 Å². The van der Waals surface area contributed by atoms with Crippen molar-refractivity contribution in [1.82, 2.24) is 0 Å². The van der Waals surface area contributed by atoms with Crippen LogP contribution < -0.4 is 0 Å². The Morgan fingerprint density at radius 2 is 0.527 bits per heavy atom. The number of hydrogen-bond acceptors (Lipinski definition) is 15. The lowest BCUT2D eigenvalue weighted by atomic mass is 9.99. The minimum atomic E-state index is -4.95. The van der Waals surface area contributed by atoms with E-state index in [4.69, 9.17) is 37.0 Å². The van der Waals surface area contributed by atoms with Crippen LogP contribution >= 0.6 is 15.6 Å². The fourth-order valence-electron chi connectivity index (χ4n) is 10.9. The molecule has 0 radical (unpaired) electrons. The highest BCUT2D eigenvalue weighted by atomic mass is 31.2. The number of hydrogen-bond donors (Lipinski definition) is 3. The summed E-state index contributed by atoms with van der Waals surface area (Å²) in [7, 11) is -9.89. The van der Waals surface area contributed by atoms with Crippen LogP contribution in [0.15, 0.2) is 0 Å². The smallest absolute Gasteiger partial charge is 0.462 e. The fourth-order valence-corrected chi connectivity index (χ4v) is 12.5. The molecule has 0 aromatic carbocycles. The lowest BCUT2D eigenvalue weighted by Gasteiger charge is -2.21. The fraction of sp³-hybridized carbons (Fsp3) is 0.944. The molecule has 0 heterocycles. The first-order chi connectivity index (χ1) is 43.9. The molecule has 7 atom stereocenters. The highest BCUT2D eigenvalue weighted by molar-refractivity contribution is 7.47. The van der Waals surface area contributed by atoms with Gasteiger partial charge in [0.2, 0.25) is 0 Å². The minimum Gasteiger partial charge on any atom is -0.462 e. The normalized spacial score (nSPS) is 14.7. The van der Waals surface area contributed by atoms with Crippen molar-refractivity contribution in [1.29, 1.82) is 0 Å². The van der Waals surface area contributed by atoms with Crippen molar-refractivity contribution in [3.63, 3.8) is 0 Å². The van der Waals surface area contributed by atoms with Gasteiger partial charge in [-0.3, -0.25) is 37.3 Å². The van der Waals surface area contributed by atoms with E-state index in [0.29, 0.717) is 25.7 Å². The molecular formula is C72H140O17P2. The standard InChI is InChI=1S/C72H140O17P2/c1-7-11-13-15-16-17-32-38-44-50-56-71(76)88-67(60-82-69(74)54-48-40-14-12-8-2)62-86-90(78,79)84-58-66(73)59-85-91(80,81)87-63-68(61-83-70(75)55-49-43-37-33-29-28-31-36-42-47-53-65(6)10-4)89-72(77)57-51-45-39-34-27-25-23-21-19-18-20-22-24-26-30-35-41-46-52-64(5)9-3/h64-68,73H,7-63H2,1-6H3,(H,78,79)(H,80,81)/t64?,65?,66-,67+,68+/m0/s1. The number of rotatable bonds is 71. The van der Waals surface area contributed by atoms with Crippen LogP contribution in [0.1, 0.15) is 369 Å². The Kier molecular flexibility index (Phi) is 62.7. The van der Waals surface area contributed by atoms with Crippen LogP contribution in [-0.4, -0.2) is 96.7 Å². The lowest BCUT2D eigenvalue weighted by molar-refractivity contribution is -0.161. The molecule has 4 unspecified atom stereocenters. The van der Waals surface area contributed by atoms with Gasteiger partial charge in [-0.05, 0) is 37.5 Å². The molecule has 0 fully saturated rings. The number of ether oxygens (including phenoxy) is 4. The SMILES string of the molecule is CCCCCCCCCCCCC(=O)O[C@H](COC(=O)CCCCCCC)COP(=O)(O)OC[C@H](O)COP(=O)(O)OC[C@@H](COC(=O)CCCCCCCCCCCCC(C)CC)OC(=O)CCCCCCCCCCCCCCCCCCCCC(C)CC. The second-order valence-electron chi connectivity index (χ2n) is 26.5. The topological polar surface area (TPSA) is 237 Å². The minimum absolute atomic E-state index is 0.105. The number of carbonyl (C=O) groups excluding carboxylic acids is 4. The van der Waals surface area contributed by atoms with Gasteiger partial charge in [-0.1, -0.05) is 318 Å². The van der Waals surface area contributed by atoms with E-state index in [1.54, 1.807) is 0 Å². The van der Waals surface area contributed by atoms with E-state index >= 15 is 0 Å². The van der Waals surface area contributed by atoms with Crippen LogP contribution in [0, 0.1) is 11.8 Å². The monoisotopic (exact) mass is 1340 g/mol. The maximum Gasteiger partial charge on any atom is 0.472 e. The van der Waals surface area contributed by atoms with Crippen LogP contribution in [0.2, 0.25) is 0 Å². The van der Waals surface area contributed by atoms with Gasteiger partial charge in [0.1, 0.15) is 19.3 Å². The number of unbranched alkanes of at least 4 members (excludes halogenated alkanes) is 39. The van der Waals surface area contributed by atoms with Gasteiger partial charge < -0.3 is 33.8 Å². The van der Waals surface area contributed by atoms with Crippen molar-refractivity contribution < 1.29 is 80.2 Å². The summed E-state index contributed by atoms with van der Waals surface area (Å²) in [4.78, 5) is 72.3. The first kappa shape index (κ1) is 89.1. The summed E-state index contributed by atoms with van der Waals surface area (Å²) >= 11 is 0. The second-order valence-corrected chi connectivity index (χ2v) is 29.4. The van der Waals surface area contributed by atoms with Gasteiger partial charge in [0.15, 0.2) is 12.2 Å². The largest absolute Gasteiger partial charge is 0.472 e. The molecule has 540 valence electrons. The van der Waals surface area contributed by atoms with Crippen molar-refractivity contribution in [2.24, 2.45) is 11.8 Å². The number of esters is 4. The first-order valence-electron chi connectivity index (χ1n) is 37.6. The summed E-state index contributed by atoms with van der Waals surface area (Å²) in [5, 5.41) is 10.6. The molecule has 0 spiro atoms. The summed E-state index contributed by atoms with van der Waals surface area (Å²) in [6.07, 6.45) is 50.3. The molecule has 0 rings (SSSR count). The van der Waals surface area contributed by atoms with Crippen LogP contribution in [0.4, 0.5) is 0 Å². The van der Waals surface area contributed by atoms with Crippen molar-refractivity contribution in [2.45, 2.75) is 387 Å². The van der Waals surface area contributed by atoms with E-state index < -0.39 is 97.5 Å². The van der Waals surface area contributed by atoms with Crippen LogP contribution in [0.25, 0.3) is 0 Å². The molecular weight excluding hydrogens is 1200 g/mol. The number of carbonyl (C=O) groups is 4. The summed E-state index contributed by atoms with van der Waals surface area (Å²) in [5.74, 6) is -0.453. The molecule has 17 nitrogen and oxygen atoms in total. The van der Waals surface area contributed by atoms with E-state index in [2.05, 4.69) is 41.5 Å². The highest BCUT2D eigenvalue weighted by Gasteiger charge is 2.30. The molecule has 3 N–H and O–H groups in total. The quantitative estimate of drug-likeness (QED) is 0.0222. The van der Waals surface area contributed by atoms with E-state index in [9.17, 15) is 43.2 Å². The summed E-state index contributed by atoms with van der Waals surface area (Å²) < 4.78 is 68.1. The Morgan fingerprint density at radius 3 is 0.780 bits per heavy atom. The maximum absolute atomic E-state index is 13.1. The number of phosphoric acid groups is 2. The first-order valence-corrected chi connectivity index (χ1v) is 40.6. The second kappa shape index (κ2) is 64.1. The molecule has 0 aliphatic heterocycles. The zero-order chi connectivity index (χ0) is 67.2. The van der Waals surface area contributed by atoms with Gasteiger partial charge >= 0.3 is 39.5 Å². The van der Waals surface area contributed by atoms with Crippen LogP contribution in [0.3, 0.4) is 0 Å². The van der Waals surface area contributed by atoms with E-state index in [1.165, 1.54) is 180 Å². The molecule has 0 bridgehead atoms. The Bertz CT molecular complexity index is 1770. The third kappa shape index (κ3) is 63.9. The van der Waals surface area contributed by atoms with Crippen LogP contribution in [0.5, 0.6) is 0 Å². The van der Waals surface area contributed by atoms with Crippen molar-refractivity contribution in [3.05, 3.63) is 0 Å². The lowest BCUT2D eigenvalue weighted by Crippen LogP contribution is -2.30. The summed E-state index contributed by atoms with van der Waals surface area (Å²) in [6.45, 7) is 9.56. The Balaban J connectivity index is 5.11. The van der Waals surface area contributed by atoms with E-state index in [-0.39, 0.29) is 25.7 Å². The van der Waals surface area contributed by atoms with E-state index in [0.717, 1.165) is 108 Å². The van der Waals surface area contributed by atoms with Crippen molar-refractivity contribution >= 4 is 39.5 Å². The molecule has 19 heteroatoms. The molecule has 0 aliphatic carbocycles. The van der Waals surface area contributed by atoms with E-state index in [1.807, 2.05) is 0 Å².